The summed E-state index contributed by atoms with van der Waals surface area (Å²) in [5.74, 6) is 4.16. The molecular formula is C20H36O. The highest BCUT2D eigenvalue weighted by atomic mass is 16.1. The lowest BCUT2D eigenvalue weighted by Crippen LogP contribution is -2.19. The Morgan fingerprint density at radius 3 is 2.14 bits per heavy atom. The van der Waals surface area contributed by atoms with Crippen molar-refractivity contribution in [3.63, 3.8) is 0 Å². The van der Waals surface area contributed by atoms with Crippen molar-refractivity contribution in [2.24, 2.45) is 29.6 Å². The van der Waals surface area contributed by atoms with Crippen molar-refractivity contribution in [2.45, 2.75) is 90.9 Å². The first kappa shape index (κ1) is 17.0. The lowest BCUT2D eigenvalue weighted by Gasteiger charge is -2.31. The summed E-state index contributed by atoms with van der Waals surface area (Å²) in [7, 11) is 0. The number of carbonyl (C=O) groups excluding carboxylic acids is 1. The fourth-order valence-corrected chi connectivity index (χ4v) is 5.11. The van der Waals surface area contributed by atoms with Crippen LogP contribution in [0.5, 0.6) is 0 Å². The average molecular weight is 293 g/mol. The maximum absolute atomic E-state index is 10.9. The van der Waals surface area contributed by atoms with Crippen LogP contribution >= 0.6 is 0 Å². The number of carbonyl (C=O) groups is 1. The Morgan fingerprint density at radius 1 is 0.810 bits per heavy atom. The normalized spacial score (nSPS) is 37.3. The minimum absolute atomic E-state index is 0.383. The molecule has 1 heteroatoms. The summed E-state index contributed by atoms with van der Waals surface area (Å²) in [6.45, 7) is 4.88. The Hall–Kier alpha value is -0.330. The third kappa shape index (κ3) is 6.12. The standard InChI is InChI=1S/C20H36O/c1-16-11-17(2)13-19(12-16)8-5-3-4-7-18-9-6-10-20(14-18)15-21/h15-20H,3-14H2,1-2H3. The smallest absolute Gasteiger partial charge is 0.123 e. The minimum Gasteiger partial charge on any atom is -0.303 e. The van der Waals surface area contributed by atoms with E-state index in [0.29, 0.717) is 5.92 Å². The molecule has 0 bridgehead atoms. The van der Waals surface area contributed by atoms with Crippen molar-refractivity contribution in [2.75, 3.05) is 0 Å². The third-order valence-electron chi connectivity index (χ3n) is 6.02. The molecule has 4 atom stereocenters. The van der Waals surface area contributed by atoms with E-state index in [-0.39, 0.29) is 0 Å². The van der Waals surface area contributed by atoms with E-state index in [9.17, 15) is 4.79 Å². The van der Waals surface area contributed by atoms with Crippen LogP contribution in [0.4, 0.5) is 0 Å². The summed E-state index contributed by atoms with van der Waals surface area (Å²) in [4.78, 5) is 10.9. The average Bonchev–Trinajstić information content (AvgIpc) is 2.46. The van der Waals surface area contributed by atoms with Gasteiger partial charge < -0.3 is 4.79 Å². The van der Waals surface area contributed by atoms with Crippen LogP contribution in [0.25, 0.3) is 0 Å². The van der Waals surface area contributed by atoms with Crippen molar-refractivity contribution >= 4 is 6.29 Å². The highest BCUT2D eigenvalue weighted by Gasteiger charge is 2.23. The van der Waals surface area contributed by atoms with E-state index in [4.69, 9.17) is 0 Å². The molecule has 0 aromatic rings. The van der Waals surface area contributed by atoms with Gasteiger partial charge in [0.05, 0.1) is 0 Å². The highest BCUT2D eigenvalue weighted by molar-refractivity contribution is 5.53. The van der Waals surface area contributed by atoms with E-state index in [0.717, 1.165) is 30.1 Å². The minimum atomic E-state index is 0.383. The van der Waals surface area contributed by atoms with Gasteiger partial charge in [-0.15, -0.1) is 0 Å². The summed E-state index contributed by atoms with van der Waals surface area (Å²) >= 11 is 0. The van der Waals surface area contributed by atoms with E-state index in [1.54, 1.807) is 0 Å². The van der Waals surface area contributed by atoms with Gasteiger partial charge in [-0.05, 0) is 55.8 Å². The van der Waals surface area contributed by atoms with Crippen LogP contribution in [0, 0.1) is 29.6 Å². The van der Waals surface area contributed by atoms with Gasteiger partial charge in [0.25, 0.3) is 0 Å². The van der Waals surface area contributed by atoms with Gasteiger partial charge >= 0.3 is 0 Å². The molecule has 2 aliphatic rings. The number of aldehydes is 1. The molecule has 2 saturated carbocycles. The Balaban J connectivity index is 1.52. The number of unbranched alkanes of at least 4 members (excludes halogenated alkanes) is 2. The maximum Gasteiger partial charge on any atom is 0.123 e. The maximum atomic E-state index is 10.9. The van der Waals surface area contributed by atoms with E-state index in [1.807, 2.05) is 0 Å². The number of hydrogen-bond acceptors (Lipinski definition) is 1. The fourth-order valence-electron chi connectivity index (χ4n) is 5.11. The van der Waals surface area contributed by atoms with E-state index in [2.05, 4.69) is 13.8 Å². The zero-order chi connectivity index (χ0) is 15.1. The number of hydrogen-bond donors (Lipinski definition) is 0. The van der Waals surface area contributed by atoms with Crippen LogP contribution in [0.3, 0.4) is 0 Å². The van der Waals surface area contributed by atoms with Crippen molar-refractivity contribution < 1.29 is 4.79 Å². The molecule has 2 fully saturated rings. The van der Waals surface area contributed by atoms with Gasteiger partial charge in [0.1, 0.15) is 6.29 Å². The molecule has 21 heavy (non-hydrogen) atoms. The van der Waals surface area contributed by atoms with Crippen LogP contribution in [0.1, 0.15) is 90.9 Å². The van der Waals surface area contributed by atoms with Crippen molar-refractivity contribution in [3.05, 3.63) is 0 Å². The quantitative estimate of drug-likeness (QED) is 0.414. The van der Waals surface area contributed by atoms with E-state index >= 15 is 0 Å². The van der Waals surface area contributed by atoms with Crippen LogP contribution in [-0.2, 0) is 4.79 Å². The second-order valence-corrected chi connectivity index (χ2v) is 8.35. The van der Waals surface area contributed by atoms with Crippen molar-refractivity contribution in [1.82, 2.24) is 0 Å². The SMILES string of the molecule is CC1CC(C)CC(CCCCCC2CCCC(C=O)C2)C1. The van der Waals surface area contributed by atoms with Crippen molar-refractivity contribution in [1.29, 1.82) is 0 Å². The Morgan fingerprint density at radius 2 is 1.48 bits per heavy atom. The molecule has 2 rings (SSSR count). The highest BCUT2D eigenvalue weighted by Crippen LogP contribution is 2.36. The van der Waals surface area contributed by atoms with Gasteiger partial charge in [-0.25, -0.2) is 0 Å². The van der Waals surface area contributed by atoms with Crippen LogP contribution in [0.15, 0.2) is 0 Å². The molecule has 0 N–H and O–H groups in total. The predicted octanol–water partition coefficient (Wildman–Crippen LogP) is 6.01. The van der Waals surface area contributed by atoms with Gasteiger partial charge in [-0.3, -0.25) is 0 Å². The molecule has 0 heterocycles. The van der Waals surface area contributed by atoms with Gasteiger partial charge in [0.15, 0.2) is 0 Å². The summed E-state index contributed by atoms with van der Waals surface area (Å²) in [6.07, 6.45) is 17.7. The number of rotatable bonds is 7. The lowest BCUT2D eigenvalue weighted by molar-refractivity contribution is -0.112. The van der Waals surface area contributed by atoms with Crippen LogP contribution < -0.4 is 0 Å². The monoisotopic (exact) mass is 292 g/mol. The molecule has 0 amide bonds. The van der Waals surface area contributed by atoms with Crippen molar-refractivity contribution in [3.8, 4) is 0 Å². The first-order valence-electron chi connectivity index (χ1n) is 9.62. The van der Waals surface area contributed by atoms with Gasteiger partial charge in [0, 0.05) is 5.92 Å². The summed E-state index contributed by atoms with van der Waals surface area (Å²) in [5.41, 5.74) is 0. The van der Waals surface area contributed by atoms with E-state index < -0.39 is 0 Å². The molecule has 0 saturated heterocycles. The Labute approximate surface area is 132 Å². The molecular weight excluding hydrogens is 256 g/mol. The summed E-state index contributed by atoms with van der Waals surface area (Å²) in [6, 6.07) is 0. The summed E-state index contributed by atoms with van der Waals surface area (Å²) < 4.78 is 0. The first-order chi connectivity index (χ1) is 10.2. The molecule has 0 radical (unpaired) electrons. The largest absolute Gasteiger partial charge is 0.303 e. The second-order valence-electron chi connectivity index (χ2n) is 8.35. The van der Waals surface area contributed by atoms with E-state index in [1.165, 1.54) is 76.9 Å². The molecule has 2 aliphatic carbocycles. The van der Waals surface area contributed by atoms with Gasteiger partial charge in [0.2, 0.25) is 0 Å². The Kier molecular flexibility index (Phi) is 7.26. The fraction of sp³-hybridized carbons (Fsp3) is 0.950. The first-order valence-corrected chi connectivity index (χ1v) is 9.62. The molecule has 122 valence electrons. The molecule has 1 nitrogen and oxygen atoms in total. The molecule has 0 aromatic carbocycles. The zero-order valence-electron chi connectivity index (χ0n) is 14.4. The second kappa shape index (κ2) is 8.96. The predicted molar refractivity (Wildman–Crippen MR) is 90.3 cm³/mol. The molecule has 4 unspecified atom stereocenters. The van der Waals surface area contributed by atoms with Gasteiger partial charge in [-0.2, -0.15) is 0 Å². The zero-order valence-corrected chi connectivity index (χ0v) is 14.4. The van der Waals surface area contributed by atoms with Crippen LogP contribution in [-0.4, -0.2) is 6.29 Å². The molecule has 0 aliphatic heterocycles. The lowest BCUT2D eigenvalue weighted by atomic mass is 9.75. The topological polar surface area (TPSA) is 17.1 Å². The summed E-state index contributed by atoms with van der Waals surface area (Å²) in [5, 5.41) is 0. The van der Waals surface area contributed by atoms with Crippen LogP contribution in [0.2, 0.25) is 0 Å². The molecule has 0 spiro atoms. The molecule has 0 aromatic heterocycles. The third-order valence-corrected chi connectivity index (χ3v) is 6.02. The Bertz CT molecular complexity index is 288. The van der Waals surface area contributed by atoms with Gasteiger partial charge in [-0.1, -0.05) is 58.8 Å².